The lowest BCUT2D eigenvalue weighted by atomic mass is 10.0. The highest BCUT2D eigenvalue weighted by Gasteiger charge is 2.17. The molecule has 4 nitrogen and oxygen atoms in total. The van der Waals surface area contributed by atoms with Crippen LogP contribution in [0.2, 0.25) is 0 Å². The monoisotopic (exact) mass is 240 g/mol. The molecule has 5 heteroatoms. The predicted molar refractivity (Wildman–Crippen MR) is 64.5 cm³/mol. The van der Waals surface area contributed by atoms with Crippen molar-refractivity contribution in [1.82, 2.24) is 5.32 Å². The van der Waals surface area contributed by atoms with Crippen molar-refractivity contribution < 1.29 is 9.31 Å². The van der Waals surface area contributed by atoms with Crippen LogP contribution < -0.4 is 5.32 Å². The van der Waals surface area contributed by atoms with Crippen LogP contribution in [0.3, 0.4) is 0 Å². The van der Waals surface area contributed by atoms with E-state index in [9.17, 15) is 14.5 Å². The normalized spacial score (nSPS) is 12.4. The van der Waals surface area contributed by atoms with Crippen LogP contribution in [0.1, 0.15) is 25.8 Å². The van der Waals surface area contributed by atoms with Gasteiger partial charge in [0.25, 0.3) is 5.69 Å². The number of nitrogens with zero attached hydrogens (tertiary/aromatic N) is 1. The number of hydrogen-bond donors (Lipinski definition) is 1. The quantitative estimate of drug-likeness (QED) is 0.614. The molecular weight excluding hydrogens is 223 g/mol. The molecule has 1 unspecified atom stereocenters. The van der Waals surface area contributed by atoms with E-state index in [0.29, 0.717) is 12.0 Å². The van der Waals surface area contributed by atoms with Gasteiger partial charge in [-0.15, -0.1) is 0 Å². The predicted octanol–water partition coefficient (Wildman–Crippen LogP) is 2.66. The fourth-order valence-corrected chi connectivity index (χ4v) is 1.79. The molecule has 1 aromatic rings. The molecule has 94 valence electrons. The van der Waals surface area contributed by atoms with Crippen molar-refractivity contribution in [2.24, 2.45) is 0 Å². The summed E-state index contributed by atoms with van der Waals surface area (Å²) >= 11 is 0. The molecule has 0 saturated carbocycles. The van der Waals surface area contributed by atoms with Gasteiger partial charge in [-0.05, 0) is 31.5 Å². The van der Waals surface area contributed by atoms with Crippen LogP contribution in [0.5, 0.6) is 0 Å². The summed E-state index contributed by atoms with van der Waals surface area (Å²) in [5, 5.41) is 14.1. The second-order valence-electron chi connectivity index (χ2n) is 3.90. The summed E-state index contributed by atoms with van der Waals surface area (Å²) in [4.78, 5) is 10.3. The molecule has 0 saturated heterocycles. The van der Waals surface area contributed by atoms with E-state index >= 15 is 0 Å². The minimum absolute atomic E-state index is 0.138. The Morgan fingerprint density at radius 1 is 1.47 bits per heavy atom. The maximum atomic E-state index is 13.0. The number of nitro groups is 1. The first-order chi connectivity index (χ1) is 8.08. The number of benzene rings is 1. The van der Waals surface area contributed by atoms with Gasteiger partial charge in [0, 0.05) is 11.6 Å². The van der Waals surface area contributed by atoms with Gasteiger partial charge in [0.05, 0.1) is 11.0 Å². The average Bonchev–Trinajstić information content (AvgIpc) is 2.30. The van der Waals surface area contributed by atoms with Crippen LogP contribution in [-0.4, -0.2) is 17.5 Å². The molecule has 0 radical (unpaired) electrons. The lowest BCUT2D eigenvalue weighted by Crippen LogP contribution is -2.30. The summed E-state index contributed by atoms with van der Waals surface area (Å²) in [5.41, 5.74) is 0.436. The highest BCUT2D eigenvalue weighted by molar-refractivity contribution is 5.40. The summed E-state index contributed by atoms with van der Waals surface area (Å²) < 4.78 is 13.0. The average molecular weight is 240 g/mol. The van der Waals surface area contributed by atoms with Crippen molar-refractivity contribution >= 4 is 5.69 Å². The number of hydrogen-bond acceptors (Lipinski definition) is 3. The summed E-state index contributed by atoms with van der Waals surface area (Å²) in [6.07, 6.45) is 1.42. The Labute approximate surface area is 100.0 Å². The maximum Gasteiger partial charge on any atom is 0.275 e. The molecule has 0 aromatic heterocycles. The number of halogens is 1. The SMILES string of the molecule is CCNC(CC)Cc1ccc(F)cc1[N+](=O)[O-]. The Bertz CT molecular complexity index is 396. The summed E-state index contributed by atoms with van der Waals surface area (Å²) in [7, 11) is 0. The van der Waals surface area contributed by atoms with Crippen molar-refractivity contribution in [3.8, 4) is 0 Å². The van der Waals surface area contributed by atoms with Crippen molar-refractivity contribution in [2.45, 2.75) is 32.7 Å². The van der Waals surface area contributed by atoms with Crippen LogP contribution in [0.4, 0.5) is 10.1 Å². The number of nitro benzene ring substituents is 1. The molecule has 17 heavy (non-hydrogen) atoms. The summed E-state index contributed by atoms with van der Waals surface area (Å²) in [6, 6.07) is 3.92. The van der Waals surface area contributed by atoms with Gasteiger partial charge in [-0.2, -0.15) is 0 Å². The first-order valence-corrected chi connectivity index (χ1v) is 5.74. The van der Waals surface area contributed by atoms with Crippen LogP contribution in [-0.2, 0) is 6.42 Å². The minimum Gasteiger partial charge on any atom is -0.314 e. The van der Waals surface area contributed by atoms with Gasteiger partial charge in [0.1, 0.15) is 5.82 Å². The third-order valence-corrected chi connectivity index (χ3v) is 2.70. The molecule has 0 heterocycles. The molecule has 0 amide bonds. The van der Waals surface area contributed by atoms with E-state index in [1.165, 1.54) is 12.1 Å². The van der Waals surface area contributed by atoms with E-state index in [4.69, 9.17) is 0 Å². The Morgan fingerprint density at radius 3 is 2.71 bits per heavy atom. The van der Waals surface area contributed by atoms with Crippen molar-refractivity contribution in [2.75, 3.05) is 6.54 Å². The molecular formula is C12H17FN2O2. The largest absolute Gasteiger partial charge is 0.314 e. The minimum atomic E-state index is -0.572. The molecule has 0 spiro atoms. The number of nitrogens with one attached hydrogen (secondary N) is 1. The Kier molecular flexibility index (Phi) is 5.03. The number of rotatable bonds is 6. The molecule has 0 aliphatic rings. The smallest absolute Gasteiger partial charge is 0.275 e. The Morgan fingerprint density at radius 2 is 2.18 bits per heavy atom. The van der Waals surface area contributed by atoms with Gasteiger partial charge in [0.2, 0.25) is 0 Å². The first-order valence-electron chi connectivity index (χ1n) is 5.74. The third-order valence-electron chi connectivity index (χ3n) is 2.70. The van der Waals surface area contributed by atoms with Gasteiger partial charge in [-0.3, -0.25) is 10.1 Å². The Balaban J connectivity index is 2.92. The van der Waals surface area contributed by atoms with E-state index in [0.717, 1.165) is 19.0 Å². The van der Waals surface area contributed by atoms with Gasteiger partial charge in [0.15, 0.2) is 0 Å². The van der Waals surface area contributed by atoms with Crippen LogP contribution in [0.25, 0.3) is 0 Å². The number of likely N-dealkylation sites (N-methyl/N-ethyl adjacent to an activating group) is 1. The van der Waals surface area contributed by atoms with Crippen LogP contribution in [0, 0.1) is 15.9 Å². The molecule has 1 N–H and O–H groups in total. The fraction of sp³-hybridized carbons (Fsp3) is 0.500. The zero-order chi connectivity index (χ0) is 12.8. The topological polar surface area (TPSA) is 55.2 Å². The lowest BCUT2D eigenvalue weighted by Gasteiger charge is -2.15. The molecule has 1 atom stereocenters. The van der Waals surface area contributed by atoms with Gasteiger partial charge in [-0.1, -0.05) is 13.8 Å². The highest BCUT2D eigenvalue weighted by Crippen LogP contribution is 2.21. The molecule has 1 aromatic carbocycles. The molecule has 0 fully saturated rings. The summed E-state index contributed by atoms with van der Waals surface area (Å²) in [5.74, 6) is -0.572. The van der Waals surface area contributed by atoms with Crippen LogP contribution >= 0.6 is 0 Å². The van der Waals surface area contributed by atoms with E-state index in [1.807, 2.05) is 13.8 Å². The maximum absolute atomic E-state index is 13.0. The van der Waals surface area contributed by atoms with Crippen molar-refractivity contribution in [3.05, 3.63) is 39.7 Å². The van der Waals surface area contributed by atoms with Gasteiger partial charge >= 0.3 is 0 Å². The third kappa shape index (κ3) is 3.78. The van der Waals surface area contributed by atoms with Gasteiger partial charge in [-0.25, -0.2) is 4.39 Å². The fourth-order valence-electron chi connectivity index (χ4n) is 1.79. The van der Waals surface area contributed by atoms with Crippen molar-refractivity contribution in [3.63, 3.8) is 0 Å². The zero-order valence-corrected chi connectivity index (χ0v) is 10.1. The lowest BCUT2D eigenvalue weighted by molar-refractivity contribution is -0.385. The van der Waals surface area contributed by atoms with E-state index in [1.54, 1.807) is 0 Å². The van der Waals surface area contributed by atoms with Crippen LogP contribution in [0.15, 0.2) is 18.2 Å². The second-order valence-corrected chi connectivity index (χ2v) is 3.90. The Hall–Kier alpha value is -1.49. The van der Waals surface area contributed by atoms with E-state index in [-0.39, 0.29) is 11.7 Å². The van der Waals surface area contributed by atoms with E-state index < -0.39 is 10.7 Å². The zero-order valence-electron chi connectivity index (χ0n) is 10.1. The second kappa shape index (κ2) is 6.30. The highest BCUT2D eigenvalue weighted by atomic mass is 19.1. The molecule has 0 bridgehead atoms. The molecule has 0 aliphatic heterocycles. The van der Waals surface area contributed by atoms with Gasteiger partial charge < -0.3 is 5.32 Å². The first kappa shape index (κ1) is 13.6. The molecule has 1 rings (SSSR count). The van der Waals surface area contributed by atoms with E-state index in [2.05, 4.69) is 5.32 Å². The standard InChI is InChI=1S/C12H17FN2O2/c1-3-11(14-4-2)7-9-5-6-10(13)8-12(9)15(16)17/h5-6,8,11,14H,3-4,7H2,1-2H3. The molecule has 0 aliphatic carbocycles. The summed E-state index contributed by atoms with van der Waals surface area (Å²) in [6.45, 7) is 4.82. The van der Waals surface area contributed by atoms with Crippen molar-refractivity contribution in [1.29, 1.82) is 0 Å².